The molecule has 2 aromatic carbocycles. The summed E-state index contributed by atoms with van der Waals surface area (Å²) in [6.45, 7) is 2.56. The summed E-state index contributed by atoms with van der Waals surface area (Å²) in [4.78, 5) is 34.0. The Kier molecular flexibility index (Phi) is 7.04. The molecule has 0 aliphatic carbocycles. The van der Waals surface area contributed by atoms with Crippen LogP contribution in [0.1, 0.15) is 31.8 Å². The van der Waals surface area contributed by atoms with Gasteiger partial charge in [0.1, 0.15) is 11.6 Å². The second kappa shape index (κ2) is 10.5. The Hall–Kier alpha value is -4.38. The molecule has 1 aliphatic heterocycles. The molecule has 0 saturated carbocycles. The average Bonchev–Trinajstić information content (AvgIpc) is 2.91. The van der Waals surface area contributed by atoms with Crippen LogP contribution < -0.4 is 15.0 Å². The van der Waals surface area contributed by atoms with Gasteiger partial charge >= 0.3 is 0 Å². The van der Waals surface area contributed by atoms with Gasteiger partial charge in [0, 0.05) is 44.5 Å². The summed E-state index contributed by atoms with van der Waals surface area (Å²) >= 11 is 0. The summed E-state index contributed by atoms with van der Waals surface area (Å²) in [5.74, 6) is 1.11. The van der Waals surface area contributed by atoms with E-state index in [-0.39, 0.29) is 11.8 Å². The highest BCUT2D eigenvalue weighted by Crippen LogP contribution is 2.20. The fraction of sp³-hybridized carbons (Fsp3) is 0.231. The maximum atomic E-state index is 12.9. The van der Waals surface area contributed by atoms with Gasteiger partial charge in [-0.15, -0.1) is 0 Å². The summed E-state index contributed by atoms with van der Waals surface area (Å²) < 4.78 is 5.17. The average molecular weight is 456 g/mol. The Balaban J connectivity index is 1.38. The Morgan fingerprint density at radius 3 is 2.38 bits per heavy atom. The Morgan fingerprint density at radius 1 is 1.03 bits per heavy atom. The maximum absolute atomic E-state index is 12.9. The third-order valence-electron chi connectivity index (χ3n) is 5.77. The van der Waals surface area contributed by atoms with Crippen molar-refractivity contribution in [1.82, 2.24) is 15.2 Å². The fourth-order valence-electron chi connectivity index (χ4n) is 3.84. The van der Waals surface area contributed by atoms with Crippen molar-refractivity contribution in [3.8, 4) is 11.8 Å². The highest BCUT2D eigenvalue weighted by molar-refractivity contribution is 5.99. The first kappa shape index (κ1) is 22.8. The Morgan fingerprint density at radius 2 is 1.74 bits per heavy atom. The summed E-state index contributed by atoms with van der Waals surface area (Å²) in [5, 5.41) is 11.9. The van der Waals surface area contributed by atoms with Gasteiger partial charge in [0.2, 0.25) is 0 Å². The van der Waals surface area contributed by atoms with E-state index in [2.05, 4.69) is 16.4 Å². The highest BCUT2D eigenvalue weighted by atomic mass is 16.5. The lowest BCUT2D eigenvalue weighted by atomic mass is 10.1. The van der Waals surface area contributed by atoms with Crippen molar-refractivity contribution in [2.24, 2.45) is 0 Å². The van der Waals surface area contributed by atoms with Crippen LogP contribution in [-0.4, -0.2) is 55.0 Å². The van der Waals surface area contributed by atoms with E-state index in [9.17, 15) is 9.59 Å². The minimum atomic E-state index is -0.199. The van der Waals surface area contributed by atoms with Crippen molar-refractivity contribution in [2.45, 2.75) is 6.54 Å². The molecule has 1 N–H and O–H groups in total. The lowest BCUT2D eigenvalue weighted by Gasteiger charge is -2.36. The number of piperazine rings is 1. The normalized spacial score (nSPS) is 13.2. The van der Waals surface area contributed by atoms with Crippen molar-refractivity contribution in [1.29, 1.82) is 5.26 Å². The first-order valence-corrected chi connectivity index (χ1v) is 11.0. The smallest absolute Gasteiger partial charge is 0.255 e. The molecule has 2 amide bonds. The molecule has 172 valence electrons. The molecule has 0 unspecified atom stereocenters. The monoisotopic (exact) mass is 455 g/mol. The first-order chi connectivity index (χ1) is 16.6. The van der Waals surface area contributed by atoms with Crippen LogP contribution in [-0.2, 0) is 6.54 Å². The van der Waals surface area contributed by atoms with Crippen LogP contribution in [0.25, 0.3) is 0 Å². The molecule has 0 atom stereocenters. The summed E-state index contributed by atoms with van der Waals surface area (Å²) in [6, 6.07) is 19.8. The number of hydrogen-bond donors (Lipinski definition) is 1. The molecule has 0 radical (unpaired) electrons. The van der Waals surface area contributed by atoms with Crippen LogP contribution in [0.15, 0.2) is 66.9 Å². The van der Waals surface area contributed by atoms with Crippen molar-refractivity contribution in [2.75, 3.05) is 38.2 Å². The standard InChI is InChI=1S/C26H25N5O3/c1-34-22-10-6-20(7-11-22)18-29-25(32)23-3-2-12-28-24(23)30-13-15-31(16-14-30)26(33)21-8-4-19(17-27)5-9-21/h2-12H,13-16,18H2,1H3,(H,29,32). The number of methoxy groups -OCH3 is 1. The van der Waals surface area contributed by atoms with Gasteiger partial charge in [-0.05, 0) is 54.1 Å². The van der Waals surface area contributed by atoms with E-state index in [1.165, 1.54) is 0 Å². The van der Waals surface area contributed by atoms with E-state index in [1.807, 2.05) is 29.2 Å². The molecule has 1 aromatic heterocycles. The first-order valence-electron chi connectivity index (χ1n) is 11.0. The van der Waals surface area contributed by atoms with Gasteiger partial charge in [-0.1, -0.05) is 12.1 Å². The van der Waals surface area contributed by atoms with Gasteiger partial charge < -0.3 is 19.9 Å². The maximum Gasteiger partial charge on any atom is 0.255 e. The fourth-order valence-corrected chi connectivity index (χ4v) is 3.84. The van der Waals surface area contributed by atoms with Crippen LogP contribution in [0.5, 0.6) is 5.75 Å². The largest absolute Gasteiger partial charge is 0.497 e. The number of carbonyl (C=O) groups excluding carboxylic acids is 2. The van der Waals surface area contributed by atoms with Crippen LogP contribution in [0.3, 0.4) is 0 Å². The molecule has 4 rings (SSSR count). The molecular formula is C26H25N5O3. The number of ether oxygens (including phenoxy) is 1. The number of aromatic nitrogens is 1. The molecule has 3 aromatic rings. The van der Waals surface area contributed by atoms with Gasteiger partial charge in [-0.3, -0.25) is 9.59 Å². The second-order valence-electron chi connectivity index (χ2n) is 7.87. The predicted molar refractivity (Wildman–Crippen MR) is 128 cm³/mol. The Bertz CT molecular complexity index is 1190. The quantitative estimate of drug-likeness (QED) is 0.614. The van der Waals surface area contributed by atoms with E-state index >= 15 is 0 Å². The van der Waals surface area contributed by atoms with Crippen molar-refractivity contribution < 1.29 is 14.3 Å². The number of benzene rings is 2. The predicted octanol–water partition coefficient (Wildman–Crippen LogP) is 2.85. The van der Waals surface area contributed by atoms with Crippen LogP contribution in [0.4, 0.5) is 5.82 Å². The molecule has 1 saturated heterocycles. The molecule has 0 bridgehead atoms. The van der Waals surface area contributed by atoms with Gasteiger partial charge in [-0.2, -0.15) is 5.26 Å². The number of hydrogen-bond acceptors (Lipinski definition) is 6. The van der Waals surface area contributed by atoms with Crippen molar-refractivity contribution >= 4 is 17.6 Å². The van der Waals surface area contributed by atoms with E-state index in [4.69, 9.17) is 10.00 Å². The summed E-state index contributed by atoms with van der Waals surface area (Å²) in [7, 11) is 1.61. The zero-order valence-electron chi connectivity index (χ0n) is 18.9. The SMILES string of the molecule is COc1ccc(CNC(=O)c2cccnc2N2CCN(C(=O)c3ccc(C#N)cc3)CC2)cc1. The van der Waals surface area contributed by atoms with Gasteiger partial charge in [-0.25, -0.2) is 4.98 Å². The third kappa shape index (κ3) is 5.15. The van der Waals surface area contributed by atoms with Crippen molar-refractivity contribution in [3.05, 3.63) is 89.1 Å². The molecule has 1 aliphatic rings. The number of amides is 2. The molecule has 1 fully saturated rings. The number of pyridine rings is 1. The number of carbonyl (C=O) groups is 2. The highest BCUT2D eigenvalue weighted by Gasteiger charge is 2.25. The van der Waals surface area contributed by atoms with Crippen LogP contribution >= 0.6 is 0 Å². The number of nitrogens with one attached hydrogen (secondary N) is 1. The zero-order valence-corrected chi connectivity index (χ0v) is 18.9. The minimum Gasteiger partial charge on any atom is -0.497 e. The number of anilines is 1. The lowest BCUT2D eigenvalue weighted by molar-refractivity contribution is 0.0745. The molecule has 2 heterocycles. The molecule has 8 heteroatoms. The summed E-state index contributed by atoms with van der Waals surface area (Å²) in [6.07, 6.45) is 1.67. The van der Waals surface area contributed by atoms with Gasteiger partial charge in [0.05, 0.1) is 24.3 Å². The summed E-state index contributed by atoms with van der Waals surface area (Å²) in [5.41, 5.74) is 2.55. The molecule has 34 heavy (non-hydrogen) atoms. The van der Waals surface area contributed by atoms with Crippen molar-refractivity contribution in [3.63, 3.8) is 0 Å². The molecule has 8 nitrogen and oxygen atoms in total. The second-order valence-corrected chi connectivity index (χ2v) is 7.87. The third-order valence-corrected chi connectivity index (χ3v) is 5.77. The van der Waals surface area contributed by atoms with E-state index in [1.54, 1.807) is 54.6 Å². The minimum absolute atomic E-state index is 0.0670. The number of rotatable bonds is 6. The van der Waals surface area contributed by atoms with Gasteiger partial charge in [0.15, 0.2) is 0 Å². The Labute approximate surface area is 198 Å². The van der Waals surface area contributed by atoms with E-state index < -0.39 is 0 Å². The van der Waals surface area contributed by atoms with Crippen LogP contribution in [0, 0.1) is 11.3 Å². The molecular weight excluding hydrogens is 430 g/mol. The van der Waals surface area contributed by atoms with E-state index in [0.29, 0.717) is 55.2 Å². The van der Waals surface area contributed by atoms with E-state index in [0.717, 1.165) is 11.3 Å². The van der Waals surface area contributed by atoms with Crippen LogP contribution in [0.2, 0.25) is 0 Å². The lowest BCUT2D eigenvalue weighted by Crippen LogP contribution is -2.49. The van der Waals surface area contributed by atoms with Gasteiger partial charge in [0.25, 0.3) is 11.8 Å². The topological polar surface area (TPSA) is 98.6 Å². The molecule has 0 spiro atoms. The number of nitrogens with zero attached hydrogens (tertiary/aromatic N) is 4. The zero-order chi connectivity index (χ0) is 23.9. The number of nitriles is 1.